The molecule has 2 heterocycles. The maximum absolute atomic E-state index is 12.2. The molecule has 0 saturated heterocycles. The summed E-state index contributed by atoms with van der Waals surface area (Å²) in [6.07, 6.45) is 0.774. The highest BCUT2D eigenvalue weighted by Gasteiger charge is 2.10. The van der Waals surface area contributed by atoms with Crippen LogP contribution >= 0.6 is 23.1 Å². The average Bonchev–Trinajstić information content (AvgIpc) is 3.03. The van der Waals surface area contributed by atoms with Gasteiger partial charge in [-0.25, -0.2) is 4.98 Å². The normalized spacial score (nSPS) is 11.0. The summed E-state index contributed by atoms with van der Waals surface area (Å²) in [5, 5.41) is 8.05. The Morgan fingerprint density at radius 2 is 2.15 bits per heavy atom. The topological polar surface area (TPSA) is 76.4 Å². The van der Waals surface area contributed by atoms with Crippen molar-refractivity contribution in [2.24, 2.45) is 0 Å². The number of hydrogen-bond donors (Lipinski definition) is 1. The van der Waals surface area contributed by atoms with E-state index >= 15 is 0 Å². The highest BCUT2D eigenvalue weighted by atomic mass is 32.2. The average molecular weight is 389 g/mol. The lowest BCUT2D eigenvalue weighted by Crippen LogP contribution is -2.17. The summed E-state index contributed by atoms with van der Waals surface area (Å²) in [4.78, 5) is 29.4. The van der Waals surface area contributed by atoms with Gasteiger partial charge in [0.05, 0.1) is 11.4 Å². The molecule has 0 unspecified atom stereocenters. The fraction of sp³-hybridized carbons (Fsp3) is 0.333. The summed E-state index contributed by atoms with van der Waals surface area (Å²) in [7, 11) is 0. The summed E-state index contributed by atoms with van der Waals surface area (Å²) in [5.41, 5.74) is 3.55. The molecule has 2 aromatic heterocycles. The van der Waals surface area contributed by atoms with Gasteiger partial charge in [-0.3, -0.25) is 9.59 Å². The van der Waals surface area contributed by atoms with Gasteiger partial charge >= 0.3 is 0 Å². The molecule has 0 bridgehead atoms. The molecule has 1 amide bonds. The summed E-state index contributed by atoms with van der Waals surface area (Å²) in [6, 6.07) is 7.33. The van der Waals surface area contributed by atoms with E-state index in [9.17, 15) is 9.59 Å². The maximum Gasteiger partial charge on any atom is 0.275 e. The molecule has 0 saturated carbocycles. The van der Waals surface area contributed by atoms with E-state index in [0.29, 0.717) is 22.2 Å². The van der Waals surface area contributed by atoms with E-state index < -0.39 is 0 Å². The number of nitrogens with one attached hydrogen (secondary N) is 1. The first-order chi connectivity index (χ1) is 12.5. The van der Waals surface area contributed by atoms with Crippen LogP contribution in [0.25, 0.3) is 4.96 Å². The number of carbonyl (C=O) groups excluding carboxylic acids is 1. The van der Waals surface area contributed by atoms with E-state index in [1.54, 1.807) is 0 Å². The van der Waals surface area contributed by atoms with Gasteiger partial charge in [-0.05, 0) is 37.5 Å². The van der Waals surface area contributed by atoms with Crippen LogP contribution in [0.1, 0.15) is 28.8 Å². The number of anilines is 1. The molecule has 1 aromatic carbocycles. The van der Waals surface area contributed by atoms with Crippen molar-refractivity contribution >= 4 is 39.7 Å². The van der Waals surface area contributed by atoms with Gasteiger partial charge in [-0.1, -0.05) is 30.4 Å². The van der Waals surface area contributed by atoms with E-state index in [2.05, 4.69) is 15.4 Å². The SMILES string of the molecule is CCc1nn2c(=O)cc(CSCC(=O)Nc3cccc(C)c3C)nc2s1. The van der Waals surface area contributed by atoms with Crippen LogP contribution in [-0.4, -0.2) is 26.3 Å². The minimum absolute atomic E-state index is 0.0624. The Hall–Kier alpha value is -2.19. The van der Waals surface area contributed by atoms with Crippen LogP contribution < -0.4 is 10.9 Å². The number of nitrogens with zero attached hydrogens (tertiary/aromatic N) is 3. The smallest absolute Gasteiger partial charge is 0.275 e. The van der Waals surface area contributed by atoms with E-state index in [1.807, 2.05) is 39.0 Å². The van der Waals surface area contributed by atoms with Crippen LogP contribution in [0, 0.1) is 13.8 Å². The number of fused-ring (bicyclic) bond motifs is 1. The predicted octanol–water partition coefficient (Wildman–Crippen LogP) is 3.20. The third-order valence-corrected chi connectivity index (χ3v) is 6.02. The van der Waals surface area contributed by atoms with Crippen molar-refractivity contribution in [2.45, 2.75) is 32.9 Å². The Bertz CT molecular complexity index is 1010. The zero-order valence-corrected chi connectivity index (χ0v) is 16.5. The zero-order valence-electron chi connectivity index (χ0n) is 14.9. The molecule has 3 aromatic rings. The molecule has 3 rings (SSSR count). The Kier molecular flexibility index (Phi) is 5.73. The molecule has 0 radical (unpaired) electrons. The maximum atomic E-state index is 12.2. The van der Waals surface area contributed by atoms with Crippen LogP contribution in [-0.2, 0) is 17.0 Å². The number of carbonyl (C=O) groups is 1. The Balaban J connectivity index is 1.61. The second-order valence-corrected chi connectivity index (χ2v) is 7.94. The van der Waals surface area contributed by atoms with Crippen LogP contribution in [0.5, 0.6) is 0 Å². The van der Waals surface area contributed by atoms with Crippen molar-refractivity contribution < 1.29 is 4.79 Å². The largest absolute Gasteiger partial charge is 0.325 e. The molecule has 0 atom stereocenters. The Morgan fingerprint density at radius 3 is 2.92 bits per heavy atom. The molecule has 26 heavy (non-hydrogen) atoms. The number of thioether (sulfide) groups is 1. The highest BCUT2D eigenvalue weighted by molar-refractivity contribution is 7.99. The summed E-state index contributed by atoms with van der Waals surface area (Å²) >= 11 is 2.86. The number of rotatable bonds is 6. The van der Waals surface area contributed by atoms with E-state index in [0.717, 1.165) is 28.2 Å². The first kappa shape index (κ1) is 18.6. The lowest BCUT2D eigenvalue weighted by Gasteiger charge is -2.10. The predicted molar refractivity (Wildman–Crippen MR) is 107 cm³/mol. The fourth-order valence-electron chi connectivity index (χ4n) is 2.43. The molecule has 8 heteroatoms. The summed E-state index contributed by atoms with van der Waals surface area (Å²) in [6.45, 7) is 6.00. The third-order valence-electron chi connectivity index (χ3n) is 4.00. The third kappa shape index (κ3) is 4.13. The minimum Gasteiger partial charge on any atom is -0.325 e. The molecule has 0 aliphatic rings. The van der Waals surface area contributed by atoms with Gasteiger partial charge in [0, 0.05) is 17.5 Å². The quantitative estimate of drug-likeness (QED) is 0.702. The van der Waals surface area contributed by atoms with Crippen LogP contribution in [0.3, 0.4) is 0 Å². The number of aryl methyl sites for hydroxylation is 2. The fourth-order valence-corrected chi connectivity index (χ4v) is 4.01. The molecule has 0 fully saturated rings. The molecule has 0 aliphatic heterocycles. The van der Waals surface area contributed by atoms with Crippen molar-refractivity contribution in [3.63, 3.8) is 0 Å². The second kappa shape index (κ2) is 8.01. The molecule has 136 valence electrons. The molecule has 0 aliphatic carbocycles. The standard InChI is InChI=1S/C18H20N4O2S2/c1-4-16-21-22-17(24)8-13(19-18(22)26-16)9-25-10-15(23)20-14-7-5-6-11(2)12(14)3/h5-8H,4,9-10H2,1-3H3,(H,20,23). The Labute approximate surface area is 159 Å². The van der Waals surface area contributed by atoms with Gasteiger partial charge in [0.1, 0.15) is 5.01 Å². The Morgan fingerprint density at radius 1 is 1.35 bits per heavy atom. The van der Waals surface area contributed by atoms with Crippen LogP contribution in [0.4, 0.5) is 5.69 Å². The van der Waals surface area contributed by atoms with Crippen molar-refractivity contribution in [2.75, 3.05) is 11.1 Å². The second-order valence-electron chi connectivity index (χ2n) is 5.92. The number of aromatic nitrogens is 3. The van der Waals surface area contributed by atoms with Crippen molar-refractivity contribution in [3.05, 3.63) is 56.4 Å². The van der Waals surface area contributed by atoms with Gasteiger partial charge in [0.15, 0.2) is 0 Å². The van der Waals surface area contributed by atoms with E-state index in [1.165, 1.54) is 33.7 Å². The molecular formula is C18H20N4O2S2. The van der Waals surface area contributed by atoms with Gasteiger partial charge in [0.25, 0.3) is 5.56 Å². The minimum atomic E-state index is -0.179. The monoisotopic (exact) mass is 388 g/mol. The van der Waals surface area contributed by atoms with Gasteiger partial charge in [-0.15, -0.1) is 11.8 Å². The number of hydrogen-bond acceptors (Lipinski definition) is 6. The van der Waals surface area contributed by atoms with Gasteiger partial charge < -0.3 is 5.32 Å². The molecule has 1 N–H and O–H groups in total. The lowest BCUT2D eigenvalue weighted by atomic mass is 10.1. The molecule has 0 spiro atoms. The van der Waals surface area contributed by atoms with Crippen molar-refractivity contribution in [1.29, 1.82) is 0 Å². The molecule has 6 nitrogen and oxygen atoms in total. The zero-order chi connectivity index (χ0) is 18.7. The number of amides is 1. The van der Waals surface area contributed by atoms with E-state index in [4.69, 9.17) is 0 Å². The van der Waals surface area contributed by atoms with Crippen LogP contribution in [0.2, 0.25) is 0 Å². The highest BCUT2D eigenvalue weighted by Crippen LogP contribution is 2.19. The van der Waals surface area contributed by atoms with Crippen LogP contribution in [0.15, 0.2) is 29.1 Å². The van der Waals surface area contributed by atoms with Crippen molar-refractivity contribution in [3.8, 4) is 0 Å². The van der Waals surface area contributed by atoms with Gasteiger partial charge in [0.2, 0.25) is 10.9 Å². The lowest BCUT2D eigenvalue weighted by molar-refractivity contribution is -0.113. The van der Waals surface area contributed by atoms with E-state index in [-0.39, 0.29) is 11.5 Å². The summed E-state index contributed by atoms with van der Waals surface area (Å²) < 4.78 is 1.34. The first-order valence-corrected chi connectivity index (χ1v) is 10.3. The first-order valence-electron chi connectivity index (χ1n) is 8.30. The van der Waals surface area contributed by atoms with Crippen molar-refractivity contribution in [1.82, 2.24) is 14.6 Å². The van der Waals surface area contributed by atoms with Gasteiger partial charge in [-0.2, -0.15) is 9.61 Å². The molecular weight excluding hydrogens is 368 g/mol. The summed E-state index contributed by atoms with van der Waals surface area (Å²) in [5.74, 6) is 0.746. The number of benzene rings is 1.